The van der Waals surface area contributed by atoms with Crippen LogP contribution in [0.2, 0.25) is 0 Å². The predicted molar refractivity (Wildman–Crippen MR) is 68.9 cm³/mol. The van der Waals surface area contributed by atoms with Crippen LogP contribution in [0.15, 0.2) is 4.99 Å². The first-order chi connectivity index (χ1) is 7.26. The van der Waals surface area contributed by atoms with E-state index in [2.05, 4.69) is 17.2 Å². The molecule has 0 aliphatic rings. The zero-order valence-electron chi connectivity index (χ0n) is 9.95. The molecule has 0 aromatic carbocycles. The van der Waals surface area contributed by atoms with Crippen LogP contribution in [0.1, 0.15) is 32.6 Å². The number of likely N-dealkylation sites (N-methyl/N-ethyl adjacent to an activating group) is 1. The molecule has 0 aromatic rings. The predicted octanol–water partition coefficient (Wildman–Crippen LogP) is 2.12. The van der Waals surface area contributed by atoms with E-state index in [4.69, 9.17) is 0 Å². The maximum absolute atomic E-state index is 11.4. The molecule has 0 saturated carbocycles. The smallest absolute Gasteiger partial charge is 0.244 e. The van der Waals surface area contributed by atoms with Crippen LogP contribution in [-0.2, 0) is 4.79 Å². The third-order valence-corrected chi connectivity index (χ3v) is 2.76. The highest BCUT2D eigenvalue weighted by Gasteiger charge is 2.13. The van der Waals surface area contributed by atoms with Gasteiger partial charge in [-0.3, -0.25) is 9.79 Å². The van der Waals surface area contributed by atoms with Gasteiger partial charge in [0, 0.05) is 7.05 Å². The summed E-state index contributed by atoms with van der Waals surface area (Å²) in [4.78, 5) is 15.8. The summed E-state index contributed by atoms with van der Waals surface area (Å²) in [5.74, 6) is 1.00. The number of carbonyl (C=O) groups excluding carboxylic acids is 1. The van der Waals surface area contributed by atoms with Gasteiger partial charge in [-0.1, -0.05) is 13.3 Å². The molecule has 0 spiro atoms. The van der Waals surface area contributed by atoms with E-state index < -0.39 is 0 Å². The number of nitrogens with zero attached hydrogens (tertiary/aromatic N) is 1. The van der Waals surface area contributed by atoms with Gasteiger partial charge >= 0.3 is 0 Å². The van der Waals surface area contributed by atoms with Crippen LogP contribution in [0.4, 0.5) is 0 Å². The summed E-state index contributed by atoms with van der Waals surface area (Å²) >= 11 is 1.75. The second kappa shape index (κ2) is 10.0. The Morgan fingerprint density at radius 1 is 1.60 bits per heavy atom. The van der Waals surface area contributed by atoms with Crippen LogP contribution in [0.3, 0.4) is 0 Å². The van der Waals surface area contributed by atoms with Crippen molar-refractivity contribution in [2.24, 2.45) is 4.99 Å². The number of unbranched alkanes of at least 4 members (excludes halogenated alkanes) is 2. The minimum atomic E-state index is -0.195. The van der Waals surface area contributed by atoms with E-state index in [9.17, 15) is 4.79 Å². The van der Waals surface area contributed by atoms with E-state index in [-0.39, 0.29) is 11.9 Å². The highest BCUT2D eigenvalue weighted by molar-refractivity contribution is 7.98. The molecule has 1 atom stereocenters. The third kappa shape index (κ3) is 7.42. The van der Waals surface area contributed by atoms with Gasteiger partial charge in [0.05, 0.1) is 0 Å². The van der Waals surface area contributed by atoms with Gasteiger partial charge in [0.15, 0.2) is 0 Å². The summed E-state index contributed by atoms with van der Waals surface area (Å²) in [5.41, 5.74) is 0. The molecule has 0 aliphatic heterocycles. The zero-order chi connectivity index (χ0) is 11.5. The number of hydrogen-bond acceptors (Lipinski definition) is 3. The van der Waals surface area contributed by atoms with Crippen molar-refractivity contribution in [3.63, 3.8) is 0 Å². The van der Waals surface area contributed by atoms with E-state index in [0.717, 1.165) is 25.0 Å². The van der Waals surface area contributed by atoms with Crippen LogP contribution in [0.5, 0.6) is 0 Å². The quantitative estimate of drug-likeness (QED) is 0.512. The Labute approximate surface area is 97.1 Å². The lowest BCUT2D eigenvalue weighted by molar-refractivity contribution is -0.121. The Kier molecular flexibility index (Phi) is 9.68. The normalized spacial score (nSPS) is 13.0. The van der Waals surface area contributed by atoms with E-state index in [1.807, 2.05) is 12.5 Å². The van der Waals surface area contributed by atoms with E-state index in [1.54, 1.807) is 18.8 Å². The lowest BCUT2D eigenvalue weighted by atomic mass is 10.2. The van der Waals surface area contributed by atoms with Crippen molar-refractivity contribution in [2.45, 2.75) is 38.6 Å². The molecular weight excluding hydrogens is 208 g/mol. The molecule has 1 N–H and O–H groups in total. The Morgan fingerprint density at radius 3 is 2.87 bits per heavy atom. The molecule has 4 heteroatoms. The molecule has 0 aromatic heterocycles. The summed E-state index contributed by atoms with van der Waals surface area (Å²) in [6, 6.07) is -0.195. The van der Waals surface area contributed by atoms with Crippen LogP contribution < -0.4 is 5.32 Å². The molecular formula is C11H22N2OS. The number of rotatable bonds is 8. The number of carbonyl (C=O) groups is 1. The van der Waals surface area contributed by atoms with Crippen LogP contribution in [-0.4, -0.2) is 37.2 Å². The fourth-order valence-corrected chi connectivity index (χ4v) is 1.63. The SMILES string of the molecule is CCCC/C=N/[C@@H](CCSC)C(=O)NC. The lowest BCUT2D eigenvalue weighted by Crippen LogP contribution is -2.31. The average Bonchev–Trinajstić information content (AvgIpc) is 2.27. The van der Waals surface area contributed by atoms with Crippen molar-refractivity contribution < 1.29 is 4.79 Å². The summed E-state index contributed by atoms with van der Waals surface area (Å²) in [6.45, 7) is 2.15. The molecule has 15 heavy (non-hydrogen) atoms. The van der Waals surface area contributed by atoms with Crippen molar-refractivity contribution >= 4 is 23.9 Å². The number of nitrogens with one attached hydrogen (secondary N) is 1. The molecule has 0 aliphatic carbocycles. The zero-order valence-corrected chi connectivity index (χ0v) is 10.8. The Bertz CT molecular complexity index is 195. The van der Waals surface area contributed by atoms with Gasteiger partial charge < -0.3 is 5.32 Å². The molecule has 0 rings (SSSR count). The maximum Gasteiger partial charge on any atom is 0.244 e. The van der Waals surface area contributed by atoms with Crippen molar-refractivity contribution in [1.29, 1.82) is 0 Å². The number of hydrogen-bond donors (Lipinski definition) is 1. The van der Waals surface area contributed by atoms with Crippen molar-refractivity contribution in [2.75, 3.05) is 19.1 Å². The van der Waals surface area contributed by atoms with Gasteiger partial charge in [-0.25, -0.2) is 0 Å². The van der Waals surface area contributed by atoms with Crippen LogP contribution in [0.25, 0.3) is 0 Å². The molecule has 88 valence electrons. The fraction of sp³-hybridized carbons (Fsp3) is 0.818. The average molecular weight is 230 g/mol. The van der Waals surface area contributed by atoms with E-state index in [1.165, 1.54) is 6.42 Å². The maximum atomic E-state index is 11.4. The molecule has 0 radical (unpaired) electrons. The van der Waals surface area contributed by atoms with Gasteiger partial charge in [-0.05, 0) is 37.5 Å². The monoisotopic (exact) mass is 230 g/mol. The first kappa shape index (κ1) is 14.5. The summed E-state index contributed by atoms with van der Waals surface area (Å²) < 4.78 is 0. The number of amides is 1. The molecule has 0 fully saturated rings. The minimum Gasteiger partial charge on any atom is -0.357 e. The highest BCUT2D eigenvalue weighted by atomic mass is 32.2. The van der Waals surface area contributed by atoms with Gasteiger partial charge in [0.2, 0.25) is 5.91 Å². The van der Waals surface area contributed by atoms with Crippen LogP contribution in [0, 0.1) is 0 Å². The Morgan fingerprint density at radius 2 is 2.33 bits per heavy atom. The third-order valence-electron chi connectivity index (χ3n) is 2.12. The standard InChI is InChI=1S/C11H22N2OS/c1-4-5-6-8-13-10(7-9-15-3)11(14)12-2/h8,10H,4-7,9H2,1-3H3,(H,12,14)/b13-8+/t10-/m0/s1. The minimum absolute atomic E-state index is 0.0248. The molecule has 3 nitrogen and oxygen atoms in total. The fourth-order valence-electron chi connectivity index (χ4n) is 1.17. The van der Waals surface area contributed by atoms with E-state index in [0.29, 0.717) is 0 Å². The summed E-state index contributed by atoms with van der Waals surface area (Å²) in [5, 5.41) is 2.65. The highest BCUT2D eigenvalue weighted by Crippen LogP contribution is 2.04. The number of aliphatic imine (C=N–C) groups is 1. The second-order valence-corrected chi connectivity index (χ2v) is 4.37. The largest absolute Gasteiger partial charge is 0.357 e. The molecule has 0 bridgehead atoms. The Hall–Kier alpha value is -0.510. The van der Waals surface area contributed by atoms with Crippen molar-refractivity contribution in [3.8, 4) is 0 Å². The second-order valence-electron chi connectivity index (χ2n) is 3.39. The van der Waals surface area contributed by atoms with Gasteiger partial charge in [-0.2, -0.15) is 11.8 Å². The van der Waals surface area contributed by atoms with Gasteiger partial charge in [0.1, 0.15) is 6.04 Å². The van der Waals surface area contributed by atoms with E-state index >= 15 is 0 Å². The topological polar surface area (TPSA) is 41.5 Å². The summed E-state index contributed by atoms with van der Waals surface area (Å²) in [7, 11) is 1.66. The first-order valence-electron chi connectivity index (χ1n) is 5.48. The molecule has 0 saturated heterocycles. The number of thioether (sulfide) groups is 1. The summed E-state index contributed by atoms with van der Waals surface area (Å²) in [6.07, 6.45) is 8.05. The lowest BCUT2D eigenvalue weighted by Gasteiger charge is -2.09. The molecule has 1 amide bonds. The van der Waals surface area contributed by atoms with Crippen molar-refractivity contribution in [3.05, 3.63) is 0 Å². The molecule has 0 heterocycles. The molecule has 0 unspecified atom stereocenters. The van der Waals surface area contributed by atoms with Crippen LogP contribution >= 0.6 is 11.8 Å². The van der Waals surface area contributed by atoms with Gasteiger partial charge in [0.25, 0.3) is 0 Å². The van der Waals surface area contributed by atoms with Crippen molar-refractivity contribution in [1.82, 2.24) is 5.32 Å². The first-order valence-corrected chi connectivity index (χ1v) is 6.87. The van der Waals surface area contributed by atoms with Gasteiger partial charge in [-0.15, -0.1) is 0 Å². The Balaban J connectivity index is 3.99.